The second-order valence-corrected chi connectivity index (χ2v) is 5.18. The standard InChI is InChI=1S/C18H24N2/c1-4-20(17-12-8-6-10-15(17)3)18(13-19)16-11-7-5-9-14(16)2/h5-12,18H,4,13,19H2,1-3H3. The Morgan fingerprint density at radius 3 is 2.10 bits per heavy atom. The summed E-state index contributed by atoms with van der Waals surface area (Å²) in [4.78, 5) is 2.40. The number of likely N-dealkylation sites (N-methyl/N-ethyl adjacent to an activating group) is 1. The second kappa shape index (κ2) is 6.58. The molecule has 0 aliphatic carbocycles. The van der Waals surface area contributed by atoms with Gasteiger partial charge in [0.25, 0.3) is 0 Å². The molecule has 0 saturated heterocycles. The minimum absolute atomic E-state index is 0.224. The molecule has 0 aliphatic heterocycles. The molecule has 0 bridgehead atoms. The number of hydrogen-bond donors (Lipinski definition) is 1. The number of anilines is 1. The zero-order valence-corrected chi connectivity index (χ0v) is 12.6. The Morgan fingerprint density at radius 2 is 1.55 bits per heavy atom. The summed E-state index contributed by atoms with van der Waals surface area (Å²) in [7, 11) is 0. The molecule has 0 heterocycles. The van der Waals surface area contributed by atoms with Crippen LogP contribution in [0, 0.1) is 13.8 Å². The monoisotopic (exact) mass is 268 g/mol. The van der Waals surface area contributed by atoms with Crippen LogP contribution in [-0.2, 0) is 0 Å². The second-order valence-electron chi connectivity index (χ2n) is 5.18. The van der Waals surface area contributed by atoms with Gasteiger partial charge in [0.15, 0.2) is 0 Å². The van der Waals surface area contributed by atoms with E-state index in [-0.39, 0.29) is 6.04 Å². The topological polar surface area (TPSA) is 29.3 Å². The number of nitrogens with zero attached hydrogens (tertiary/aromatic N) is 1. The lowest BCUT2D eigenvalue weighted by molar-refractivity contribution is 0.638. The lowest BCUT2D eigenvalue weighted by atomic mass is 9.98. The largest absolute Gasteiger partial charge is 0.363 e. The van der Waals surface area contributed by atoms with Gasteiger partial charge in [-0.2, -0.15) is 0 Å². The molecular weight excluding hydrogens is 244 g/mol. The predicted molar refractivity (Wildman–Crippen MR) is 87.2 cm³/mol. The van der Waals surface area contributed by atoms with Crippen molar-refractivity contribution in [3.05, 3.63) is 65.2 Å². The molecule has 0 amide bonds. The molecule has 2 nitrogen and oxygen atoms in total. The molecule has 2 N–H and O–H groups in total. The Kier molecular flexibility index (Phi) is 4.80. The molecule has 0 aliphatic rings. The Hall–Kier alpha value is -1.80. The van der Waals surface area contributed by atoms with Crippen molar-refractivity contribution in [2.24, 2.45) is 5.73 Å². The molecule has 2 aromatic carbocycles. The van der Waals surface area contributed by atoms with Crippen LogP contribution < -0.4 is 10.6 Å². The fraction of sp³-hybridized carbons (Fsp3) is 0.333. The Balaban J connectivity index is 2.44. The molecule has 106 valence electrons. The minimum atomic E-state index is 0.224. The SMILES string of the molecule is CCN(c1ccccc1C)C(CN)c1ccccc1C. The van der Waals surface area contributed by atoms with Gasteiger partial charge in [0.1, 0.15) is 0 Å². The van der Waals surface area contributed by atoms with Gasteiger partial charge >= 0.3 is 0 Å². The van der Waals surface area contributed by atoms with Gasteiger partial charge in [-0.1, -0.05) is 42.5 Å². The molecule has 1 unspecified atom stereocenters. The predicted octanol–water partition coefficient (Wildman–Crippen LogP) is 3.83. The summed E-state index contributed by atoms with van der Waals surface area (Å²) in [6.07, 6.45) is 0. The quantitative estimate of drug-likeness (QED) is 0.893. The molecular formula is C18H24N2. The van der Waals surface area contributed by atoms with Gasteiger partial charge in [0.05, 0.1) is 6.04 Å². The first-order chi connectivity index (χ1) is 9.69. The maximum atomic E-state index is 6.10. The van der Waals surface area contributed by atoms with Gasteiger partial charge in [-0.3, -0.25) is 0 Å². The maximum absolute atomic E-state index is 6.10. The zero-order valence-electron chi connectivity index (χ0n) is 12.6. The summed E-state index contributed by atoms with van der Waals surface area (Å²) in [6.45, 7) is 8.06. The average Bonchev–Trinajstić information content (AvgIpc) is 2.47. The van der Waals surface area contributed by atoms with Crippen molar-refractivity contribution in [3.8, 4) is 0 Å². The van der Waals surface area contributed by atoms with Crippen LogP contribution in [0.15, 0.2) is 48.5 Å². The fourth-order valence-electron chi connectivity index (χ4n) is 2.83. The van der Waals surface area contributed by atoms with Crippen molar-refractivity contribution >= 4 is 5.69 Å². The van der Waals surface area contributed by atoms with Crippen molar-refractivity contribution in [1.29, 1.82) is 0 Å². The number of para-hydroxylation sites is 1. The summed E-state index contributed by atoms with van der Waals surface area (Å²) in [5.74, 6) is 0. The van der Waals surface area contributed by atoms with Gasteiger partial charge < -0.3 is 10.6 Å². The van der Waals surface area contributed by atoms with E-state index in [4.69, 9.17) is 5.73 Å². The van der Waals surface area contributed by atoms with Crippen molar-refractivity contribution in [2.45, 2.75) is 26.8 Å². The van der Waals surface area contributed by atoms with E-state index in [2.05, 4.69) is 74.2 Å². The summed E-state index contributed by atoms with van der Waals surface area (Å²) >= 11 is 0. The Labute approximate surface area is 122 Å². The lowest BCUT2D eigenvalue weighted by Crippen LogP contribution is -2.34. The molecule has 2 heteroatoms. The first kappa shape index (κ1) is 14.6. The summed E-state index contributed by atoms with van der Waals surface area (Å²) in [5.41, 5.74) is 11.3. The summed E-state index contributed by atoms with van der Waals surface area (Å²) < 4.78 is 0. The van der Waals surface area contributed by atoms with Crippen LogP contribution >= 0.6 is 0 Å². The lowest BCUT2D eigenvalue weighted by Gasteiger charge is -2.34. The molecule has 2 rings (SSSR count). The molecule has 20 heavy (non-hydrogen) atoms. The van der Waals surface area contributed by atoms with Gasteiger partial charge in [-0.15, -0.1) is 0 Å². The number of aryl methyl sites for hydroxylation is 2. The highest BCUT2D eigenvalue weighted by molar-refractivity contribution is 5.55. The Bertz CT molecular complexity index is 511. The van der Waals surface area contributed by atoms with Crippen LogP contribution in [-0.4, -0.2) is 13.1 Å². The van der Waals surface area contributed by atoms with E-state index in [0.717, 1.165) is 6.54 Å². The number of hydrogen-bond acceptors (Lipinski definition) is 2. The normalized spacial score (nSPS) is 12.2. The van der Waals surface area contributed by atoms with Crippen molar-refractivity contribution in [1.82, 2.24) is 0 Å². The first-order valence-electron chi connectivity index (χ1n) is 7.27. The third-order valence-electron chi connectivity index (χ3n) is 3.91. The average molecular weight is 268 g/mol. The van der Waals surface area contributed by atoms with E-state index in [9.17, 15) is 0 Å². The Morgan fingerprint density at radius 1 is 0.950 bits per heavy atom. The smallest absolute Gasteiger partial charge is 0.0667 e. The number of benzene rings is 2. The highest BCUT2D eigenvalue weighted by Crippen LogP contribution is 2.30. The van der Waals surface area contributed by atoms with E-state index in [1.165, 1.54) is 22.4 Å². The van der Waals surface area contributed by atoms with Crippen LogP contribution in [0.3, 0.4) is 0 Å². The van der Waals surface area contributed by atoms with Crippen molar-refractivity contribution < 1.29 is 0 Å². The maximum Gasteiger partial charge on any atom is 0.0667 e. The molecule has 0 radical (unpaired) electrons. The minimum Gasteiger partial charge on any atom is -0.363 e. The summed E-state index contributed by atoms with van der Waals surface area (Å²) in [6, 6.07) is 17.3. The third-order valence-corrected chi connectivity index (χ3v) is 3.91. The van der Waals surface area contributed by atoms with Crippen LogP contribution in [0.5, 0.6) is 0 Å². The van der Waals surface area contributed by atoms with Gasteiger partial charge in [0, 0.05) is 18.8 Å². The first-order valence-corrected chi connectivity index (χ1v) is 7.27. The van der Waals surface area contributed by atoms with E-state index in [1.54, 1.807) is 0 Å². The number of nitrogens with two attached hydrogens (primary N) is 1. The van der Waals surface area contributed by atoms with Crippen LogP contribution in [0.4, 0.5) is 5.69 Å². The van der Waals surface area contributed by atoms with E-state index >= 15 is 0 Å². The molecule has 0 saturated carbocycles. The van der Waals surface area contributed by atoms with Crippen LogP contribution in [0.25, 0.3) is 0 Å². The van der Waals surface area contributed by atoms with E-state index in [0.29, 0.717) is 6.54 Å². The zero-order chi connectivity index (χ0) is 14.5. The fourth-order valence-corrected chi connectivity index (χ4v) is 2.83. The van der Waals surface area contributed by atoms with Crippen molar-refractivity contribution in [3.63, 3.8) is 0 Å². The van der Waals surface area contributed by atoms with Gasteiger partial charge in [0.2, 0.25) is 0 Å². The van der Waals surface area contributed by atoms with Gasteiger partial charge in [-0.25, -0.2) is 0 Å². The highest BCUT2D eigenvalue weighted by atomic mass is 15.2. The highest BCUT2D eigenvalue weighted by Gasteiger charge is 2.20. The molecule has 0 spiro atoms. The number of rotatable bonds is 5. The molecule has 2 aromatic rings. The van der Waals surface area contributed by atoms with E-state index in [1.807, 2.05) is 0 Å². The van der Waals surface area contributed by atoms with Gasteiger partial charge in [-0.05, 0) is 43.5 Å². The van der Waals surface area contributed by atoms with Crippen molar-refractivity contribution in [2.75, 3.05) is 18.0 Å². The molecule has 0 fully saturated rings. The van der Waals surface area contributed by atoms with E-state index < -0.39 is 0 Å². The third kappa shape index (κ3) is 2.86. The molecule has 0 aromatic heterocycles. The molecule has 1 atom stereocenters. The van der Waals surface area contributed by atoms with Crippen LogP contribution in [0.1, 0.15) is 29.7 Å². The van der Waals surface area contributed by atoms with Crippen LogP contribution in [0.2, 0.25) is 0 Å². The summed E-state index contributed by atoms with van der Waals surface area (Å²) in [5, 5.41) is 0.